The highest BCUT2D eigenvalue weighted by atomic mass is 19.1. The predicted octanol–water partition coefficient (Wildman–Crippen LogP) is 11.9. The van der Waals surface area contributed by atoms with Crippen LogP contribution in [0.5, 0.6) is 0 Å². The van der Waals surface area contributed by atoms with Crippen molar-refractivity contribution in [1.82, 2.24) is 84.7 Å². The molecule has 9 aromatic heterocycles. The summed E-state index contributed by atoms with van der Waals surface area (Å²) in [6.45, 7) is 22.3. The lowest BCUT2D eigenvalue weighted by molar-refractivity contribution is 0.292. The molecule has 3 fully saturated rings. The Labute approximate surface area is 512 Å². The van der Waals surface area contributed by atoms with Gasteiger partial charge in [-0.25, -0.2) is 37.2 Å². The van der Waals surface area contributed by atoms with Crippen LogP contribution in [0.25, 0.3) is 88.9 Å². The van der Waals surface area contributed by atoms with Crippen molar-refractivity contribution in [1.29, 1.82) is 0 Å². The third-order valence-corrected chi connectivity index (χ3v) is 17.6. The lowest BCUT2D eigenvalue weighted by Gasteiger charge is -2.41. The Balaban J connectivity index is 0.000000117. The van der Waals surface area contributed by atoms with Crippen LogP contribution in [0.3, 0.4) is 0 Å². The topological polar surface area (TPSA) is 186 Å². The Bertz CT molecular complexity index is 4820. The van der Waals surface area contributed by atoms with E-state index in [0.29, 0.717) is 73.2 Å². The molecule has 16 rings (SSSR count). The molecule has 4 aliphatic rings. The Hall–Kier alpha value is -9.18. The van der Waals surface area contributed by atoms with Gasteiger partial charge in [-0.2, -0.15) is 25.5 Å². The van der Waals surface area contributed by atoms with Crippen molar-refractivity contribution in [2.24, 2.45) is 0 Å². The van der Waals surface area contributed by atoms with Gasteiger partial charge in [-0.1, -0.05) is 6.08 Å². The summed E-state index contributed by atoms with van der Waals surface area (Å²) in [7, 11) is 2.16. The number of piperidine rings is 1. The van der Waals surface area contributed by atoms with Crippen LogP contribution in [0.2, 0.25) is 0 Å². The van der Waals surface area contributed by atoms with Gasteiger partial charge in [-0.3, -0.25) is 4.90 Å². The maximum Gasteiger partial charge on any atom is 0.156 e. The van der Waals surface area contributed by atoms with Gasteiger partial charge in [0.1, 0.15) is 23.1 Å². The second-order valence-corrected chi connectivity index (χ2v) is 25.9. The number of fused-ring (bicyclic) bond motifs is 8. The van der Waals surface area contributed by atoms with Crippen molar-refractivity contribution in [2.75, 3.05) is 38.1 Å². The van der Waals surface area contributed by atoms with Gasteiger partial charge in [0, 0.05) is 81.8 Å². The fourth-order valence-electron chi connectivity index (χ4n) is 13.7. The minimum Gasteiger partial charge on any atom is -0.349 e. The van der Waals surface area contributed by atoms with Crippen LogP contribution in [0.1, 0.15) is 98.9 Å². The Morgan fingerprint density at radius 1 is 0.539 bits per heavy atom. The summed E-state index contributed by atoms with van der Waals surface area (Å²) in [5, 5.41) is 44.1. The zero-order chi connectivity index (χ0) is 61.8. The fourth-order valence-corrected chi connectivity index (χ4v) is 13.7. The van der Waals surface area contributed by atoms with E-state index in [1.807, 2.05) is 124 Å². The van der Waals surface area contributed by atoms with Crippen LogP contribution in [-0.2, 0) is 0 Å². The Kier molecular flexibility index (Phi) is 14.3. The van der Waals surface area contributed by atoms with Crippen LogP contribution in [0, 0.1) is 52.1 Å². The van der Waals surface area contributed by atoms with E-state index in [0.717, 1.165) is 131 Å². The average molecular weight is 1200 g/mol. The molecule has 3 aromatic carbocycles. The molecule has 18 nitrogen and oxygen atoms in total. The lowest BCUT2D eigenvalue weighted by atomic mass is 9.82. The zero-order valence-electron chi connectivity index (χ0n) is 51.6. The normalized spacial score (nSPS) is 18.3. The molecule has 0 aliphatic carbocycles. The highest BCUT2D eigenvalue weighted by Crippen LogP contribution is 2.38. The quantitative estimate of drug-likeness (QED) is 0.160. The molecule has 12 aromatic rings. The predicted molar refractivity (Wildman–Crippen MR) is 341 cm³/mol. The van der Waals surface area contributed by atoms with Gasteiger partial charge in [-0.15, -0.1) is 15.3 Å². The van der Waals surface area contributed by atoms with Gasteiger partial charge >= 0.3 is 0 Å². The van der Waals surface area contributed by atoms with E-state index < -0.39 is 0 Å². The first kappa shape index (κ1) is 57.6. The number of anilines is 1. The molecule has 452 valence electrons. The van der Waals surface area contributed by atoms with Gasteiger partial charge in [0.05, 0.1) is 68.8 Å². The van der Waals surface area contributed by atoms with E-state index in [9.17, 15) is 4.39 Å². The monoisotopic (exact) mass is 1190 g/mol. The van der Waals surface area contributed by atoms with Gasteiger partial charge in [0.25, 0.3) is 0 Å². The average Bonchev–Trinajstić information content (AvgIpc) is 2.02. The van der Waals surface area contributed by atoms with E-state index >= 15 is 8.78 Å². The molecule has 13 heterocycles. The summed E-state index contributed by atoms with van der Waals surface area (Å²) in [6.07, 6.45) is 13.8. The Morgan fingerprint density at radius 2 is 1.11 bits per heavy atom. The molecule has 4 aliphatic heterocycles. The first-order valence-electron chi connectivity index (χ1n) is 30.4. The first-order chi connectivity index (χ1) is 42.6. The van der Waals surface area contributed by atoms with Crippen molar-refractivity contribution in [3.63, 3.8) is 0 Å². The van der Waals surface area contributed by atoms with Gasteiger partial charge in [0.2, 0.25) is 0 Å². The number of imidazole rings is 3. The van der Waals surface area contributed by atoms with E-state index in [-0.39, 0.29) is 28.5 Å². The van der Waals surface area contributed by atoms with E-state index in [1.54, 1.807) is 15.1 Å². The van der Waals surface area contributed by atoms with Crippen LogP contribution in [-0.4, -0.2) is 130 Å². The van der Waals surface area contributed by atoms with Gasteiger partial charge in [-0.05, 0) is 215 Å². The number of nitrogens with one attached hydrogen (secondary N) is 2. The molecular weight excluding hydrogens is 1130 g/mol. The molecule has 1 unspecified atom stereocenters. The van der Waals surface area contributed by atoms with Crippen molar-refractivity contribution < 1.29 is 13.2 Å². The maximum atomic E-state index is 15.3. The molecule has 0 radical (unpaired) electrons. The first-order valence-corrected chi connectivity index (χ1v) is 30.4. The molecule has 0 amide bonds. The SMILES string of the molecule is Cc1cn2cc(-c3cc(F)c4cc(C5CCNCC5)nnc4c3)ccc2n1.Cc1cn2nc(-c3cc(F)c4cc(C5=CC(C)(C)NC(C)(C)C5)nnc4c3)cc(C)c2n1.Cc1cn2nc(-c3cc(F)c4cc(N5CC6C[C@@H]5CN6C)nnc4c3)cc(C)c2n1. The Morgan fingerprint density at radius 3 is 1.72 bits per heavy atom. The lowest BCUT2D eigenvalue weighted by Crippen LogP contribution is -2.53. The summed E-state index contributed by atoms with van der Waals surface area (Å²) in [4.78, 5) is 18.0. The number of hydrogen-bond donors (Lipinski definition) is 2. The number of likely N-dealkylation sites (N-methyl/N-ethyl adjacent to an activating group) is 1. The maximum absolute atomic E-state index is 15.3. The van der Waals surface area contributed by atoms with Crippen molar-refractivity contribution in [2.45, 2.75) is 117 Å². The highest BCUT2D eigenvalue weighted by molar-refractivity contribution is 5.88. The number of aryl methyl sites for hydroxylation is 5. The number of piperazine rings is 1. The van der Waals surface area contributed by atoms with E-state index in [4.69, 9.17) is 0 Å². The number of aromatic nitrogens is 14. The summed E-state index contributed by atoms with van der Waals surface area (Å²) in [5.74, 6) is 0.229. The number of likely N-dealkylation sites (tertiary alicyclic amines) is 1. The number of benzene rings is 3. The van der Waals surface area contributed by atoms with E-state index in [2.05, 4.69) is 117 Å². The molecular formula is C68H69F3N18. The number of nitrogens with zero attached hydrogens (tertiary/aromatic N) is 16. The zero-order valence-corrected chi connectivity index (χ0v) is 51.6. The number of pyridine rings is 1. The minimum absolute atomic E-state index is 0.0829. The van der Waals surface area contributed by atoms with Crippen molar-refractivity contribution >= 4 is 61.0 Å². The molecule has 2 bridgehead atoms. The fraction of sp³-hybridized carbons (Fsp3) is 0.338. The molecule has 0 saturated carbocycles. The second kappa shape index (κ2) is 22.1. The summed E-state index contributed by atoms with van der Waals surface area (Å²) < 4.78 is 50.7. The summed E-state index contributed by atoms with van der Waals surface area (Å²) in [6, 6.07) is 24.5. The van der Waals surface area contributed by atoms with Gasteiger partial charge in [0.15, 0.2) is 17.1 Å². The van der Waals surface area contributed by atoms with Crippen LogP contribution >= 0.6 is 0 Å². The smallest absolute Gasteiger partial charge is 0.156 e. The molecule has 3 saturated heterocycles. The minimum atomic E-state index is -0.330. The standard InChI is InChI=1S/C25H27FN6.C22H22FN7.C21H20FN5/c1-14-7-21(30-32-13-15(2)27-23(14)32)16-8-19(26)18-10-20(28-29-22(18)9-16)17-11-24(3,4)31-25(5,6)12-17;1-12-4-19(27-30-9-13(2)24-22(12)30)14-5-18(23)17-8-21(26-25-20(17)6-14)29-11-15-7-16(29)10-28(15)3;1-13-11-27-12-15(2-3-21(27)24-13)16-8-18(22)17-10-19(25-26-20(17)9-16)14-4-6-23-7-5-14/h7-11,13,31H,12H2,1-6H3;4-6,8-9,15-16H,7,10-11H2,1-3H3;2-3,8-12,14,23H,4-7H2,1H3/t;15?,16-;/m.1./s1. The second-order valence-electron chi connectivity index (χ2n) is 25.9. The third kappa shape index (κ3) is 11.3. The molecule has 2 N–H and O–H groups in total. The molecule has 0 spiro atoms. The number of rotatable bonds is 6. The van der Waals surface area contributed by atoms with E-state index in [1.165, 1.54) is 12.1 Å². The van der Waals surface area contributed by atoms with Crippen molar-refractivity contribution in [3.05, 3.63) is 167 Å². The van der Waals surface area contributed by atoms with Crippen LogP contribution in [0.4, 0.5) is 19.0 Å². The highest BCUT2D eigenvalue weighted by Gasteiger charge is 2.42. The molecule has 2 atom stereocenters. The number of hydrogen-bond acceptors (Lipinski definition) is 15. The summed E-state index contributed by atoms with van der Waals surface area (Å²) in [5.41, 5.74) is 15.7. The summed E-state index contributed by atoms with van der Waals surface area (Å²) >= 11 is 0. The van der Waals surface area contributed by atoms with Crippen molar-refractivity contribution in [3.8, 4) is 33.6 Å². The van der Waals surface area contributed by atoms with Crippen LogP contribution in [0.15, 0.2) is 110 Å². The van der Waals surface area contributed by atoms with Gasteiger partial charge < -0.3 is 19.9 Å². The number of halogens is 3. The largest absolute Gasteiger partial charge is 0.349 e. The molecule has 21 heteroatoms. The molecule has 89 heavy (non-hydrogen) atoms. The third-order valence-electron chi connectivity index (χ3n) is 17.6. The van der Waals surface area contributed by atoms with Crippen LogP contribution < -0.4 is 15.5 Å².